The summed E-state index contributed by atoms with van der Waals surface area (Å²) in [7, 11) is 3.55. The van der Waals surface area contributed by atoms with Crippen LogP contribution in [0.1, 0.15) is 23.3 Å². The Bertz CT molecular complexity index is 453. The van der Waals surface area contributed by atoms with Crippen molar-refractivity contribution in [3.8, 4) is 0 Å². The molecule has 0 spiro atoms. The summed E-state index contributed by atoms with van der Waals surface area (Å²) in [6, 6.07) is 1.82. The Morgan fingerprint density at radius 1 is 1.68 bits per heavy atom. The monoisotopic (exact) mass is 329 g/mol. The maximum atomic E-state index is 12.2. The van der Waals surface area contributed by atoms with E-state index in [0.717, 1.165) is 23.9 Å². The highest BCUT2D eigenvalue weighted by atomic mass is 79.9. The van der Waals surface area contributed by atoms with Crippen LogP contribution in [0.5, 0.6) is 0 Å². The van der Waals surface area contributed by atoms with Gasteiger partial charge >= 0.3 is 0 Å². The first kappa shape index (κ1) is 14.6. The number of carbonyl (C=O) groups is 1. The van der Waals surface area contributed by atoms with Gasteiger partial charge in [0, 0.05) is 31.4 Å². The van der Waals surface area contributed by atoms with Crippen molar-refractivity contribution in [1.82, 2.24) is 15.2 Å². The Labute approximate surface area is 121 Å². The number of aryl methyl sites for hydroxylation is 1. The highest BCUT2D eigenvalue weighted by Gasteiger charge is 2.33. The smallest absolute Gasteiger partial charge is 0.268 e. The van der Waals surface area contributed by atoms with Crippen molar-refractivity contribution >= 4 is 21.8 Å². The first-order chi connectivity index (χ1) is 9.06. The normalized spacial score (nSPS) is 22.7. The van der Waals surface area contributed by atoms with Gasteiger partial charge in [-0.15, -0.1) is 0 Å². The van der Waals surface area contributed by atoms with Gasteiger partial charge in [0.05, 0.1) is 12.1 Å². The summed E-state index contributed by atoms with van der Waals surface area (Å²) in [5, 5.41) is 6.44. The molecular weight excluding hydrogens is 310 g/mol. The molecule has 1 aliphatic heterocycles. The number of rotatable bonds is 5. The Morgan fingerprint density at radius 2 is 2.47 bits per heavy atom. The molecule has 1 amide bonds. The summed E-state index contributed by atoms with van der Waals surface area (Å²) in [6.07, 6.45) is 4.01. The molecule has 5 nitrogen and oxygen atoms in total. The molecule has 6 heteroatoms. The molecule has 1 aliphatic rings. The highest BCUT2D eigenvalue weighted by molar-refractivity contribution is 9.10. The van der Waals surface area contributed by atoms with Gasteiger partial charge in [-0.25, -0.2) is 0 Å². The van der Waals surface area contributed by atoms with E-state index >= 15 is 0 Å². The quantitative estimate of drug-likeness (QED) is 0.855. The van der Waals surface area contributed by atoms with Crippen LogP contribution in [0.2, 0.25) is 0 Å². The number of carbonyl (C=O) groups excluding carboxylic acids is 1. The second kappa shape index (κ2) is 6.07. The summed E-state index contributed by atoms with van der Waals surface area (Å²) in [6.45, 7) is 2.18. The van der Waals surface area contributed by atoms with E-state index < -0.39 is 0 Å². The largest absolute Gasteiger partial charge is 0.383 e. The Hall–Kier alpha value is -0.850. The second-order valence-electron chi connectivity index (χ2n) is 5.08. The van der Waals surface area contributed by atoms with Crippen molar-refractivity contribution in [3.05, 3.63) is 22.4 Å². The molecule has 0 radical (unpaired) electrons. The molecule has 1 atom stereocenters. The van der Waals surface area contributed by atoms with Crippen LogP contribution in [0, 0.1) is 0 Å². The molecular formula is C13H20BrN3O2. The molecule has 0 saturated carbocycles. The minimum atomic E-state index is -0.118. The van der Waals surface area contributed by atoms with Crippen molar-refractivity contribution in [1.29, 1.82) is 0 Å². The molecule has 0 aliphatic carbocycles. The van der Waals surface area contributed by atoms with Crippen molar-refractivity contribution in [2.24, 2.45) is 7.05 Å². The van der Waals surface area contributed by atoms with E-state index in [2.05, 4.69) is 26.6 Å². The minimum absolute atomic E-state index is 0.0580. The fraction of sp³-hybridized carbons (Fsp3) is 0.615. The average Bonchev–Trinajstić information content (AvgIpc) is 2.94. The maximum Gasteiger partial charge on any atom is 0.268 e. The predicted molar refractivity (Wildman–Crippen MR) is 77.3 cm³/mol. The lowest BCUT2D eigenvalue weighted by Crippen LogP contribution is -2.53. The molecule has 0 aromatic carbocycles. The number of hydrogen-bond acceptors (Lipinski definition) is 3. The van der Waals surface area contributed by atoms with E-state index in [4.69, 9.17) is 4.74 Å². The SMILES string of the molecule is COCC1(CNC(=O)c2cc(Br)cn2C)CCCN1. The van der Waals surface area contributed by atoms with Crippen molar-refractivity contribution < 1.29 is 9.53 Å². The van der Waals surface area contributed by atoms with Gasteiger partial charge in [0.2, 0.25) is 0 Å². The van der Waals surface area contributed by atoms with Crippen LogP contribution in [0.4, 0.5) is 0 Å². The summed E-state index contributed by atoms with van der Waals surface area (Å²) in [5.41, 5.74) is 0.532. The minimum Gasteiger partial charge on any atom is -0.383 e. The Kier molecular flexibility index (Phi) is 4.65. The van der Waals surface area contributed by atoms with Crippen LogP contribution in [0.3, 0.4) is 0 Å². The van der Waals surface area contributed by atoms with Gasteiger partial charge < -0.3 is 19.9 Å². The molecule has 1 unspecified atom stereocenters. The topological polar surface area (TPSA) is 55.3 Å². The highest BCUT2D eigenvalue weighted by Crippen LogP contribution is 2.19. The zero-order valence-corrected chi connectivity index (χ0v) is 12.9. The standard InChI is InChI=1S/C13H20BrN3O2/c1-17-7-10(14)6-11(17)12(18)15-8-13(9-19-2)4-3-5-16-13/h6-7,16H,3-5,8-9H2,1-2H3,(H,15,18). The summed E-state index contributed by atoms with van der Waals surface area (Å²) >= 11 is 3.37. The molecule has 2 rings (SSSR count). The van der Waals surface area contributed by atoms with Crippen molar-refractivity contribution in [2.45, 2.75) is 18.4 Å². The lowest BCUT2D eigenvalue weighted by Gasteiger charge is -2.28. The molecule has 1 fully saturated rings. The number of nitrogens with zero attached hydrogens (tertiary/aromatic N) is 1. The molecule has 0 bridgehead atoms. The van der Waals surface area contributed by atoms with Crippen LogP contribution < -0.4 is 10.6 Å². The second-order valence-corrected chi connectivity index (χ2v) is 6.00. The van der Waals surface area contributed by atoms with Gasteiger partial charge in [-0.2, -0.15) is 0 Å². The van der Waals surface area contributed by atoms with Gasteiger partial charge in [0.25, 0.3) is 5.91 Å². The zero-order chi connectivity index (χ0) is 13.9. The van der Waals surface area contributed by atoms with E-state index in [1.165, 1.54) is 0 Å². The van der Waals surface area contributed by atoms with E-state index in [1.807, 2.05) is 23.9 Å². The number of nitrogens with one attached hydrogen (secondary N) is 2. The molecule has 1 saturated heterocycles. The van der Waals surface area contributed by atoms with E-state index in [9.17, 15) is 4.79 Å². The van der Waals surface area contributed by atoms with Crippen LogP contribution in [-0.2, 0) is 11.8 Å². The van der Waals surface area contributed by atoms with Crippen LogP contribution in [-0.4, -0.2) is 42.8 Å². The third kappa shape index (κ3) is 3.38. The summed E-state index contributed by atoms with van der Waals surface area (Å²) < 4.78 is 7.99. The fourth-order valence-corrected chi connectivity index (χ4v) is 3.08. The molecule has 1 aromatic heterocycles. The van der Waals surface area contributed by atoms with Crippen LogP contribution in [0.25, 0.3) is 0 Å². The third-order valence-corrected chi connectivity index (χ3v) is 3.98. The van der Waals surface area contributed by atoms with Crippen molar-refractivity contribution in [3.63, 3.8) is 0 Å². The van der Waals surface area contributed by atoms with Gasteiger partial charge in [-0.3, -0.25) is 4.79 Å². The number of hydrogen-bond donors (Lipinski definition) is 2. The Balaban J connectivity index is 1.97. The predicted octanol–water partition coefficient (Wildman–Crippen LogP) is 1.29. The van der Waals surface area contributed by atoms with Gasteiger partial charge in [-0.05, 0) is 41.4 Å². The molecule has 106 valence electrons. The van der Waals surface area contributed by atoms with Crippen LogP contribution in [0.15, 0.2) is 16.7 Å². The van der Waals surface area contributed by atoms with Gasteiger partial charge in [-0.1, -0.05) is 0 Å². The summed E-state index contributed by atoms with van der Waals surface area (Å²) in [5.74, 6) is -0.0580. The third-order valence-electron chi connectivity index (χ3n) is 3.54. The molecule has 1 aromatic rings. The molecule has 2 heterocycles. The summed E-state index contributed by atoms with van der Waals surface area (Å²) in [4.78, 5) is 12.2. The maximum absolute atomic E-state index is 12.2. The van der Waals surface area contributed by atoms with Gasteiger partial charge in [0.15, 0.2) is 0 Å². The fourth-order valence-electron chi connectivity index (χ4n) is 2.56. The number of ether oxygens (including phenoxy) is 1. The van der Waals surface area contributed by atoms with Crippen molar-refractivity contribution in [2.75, 3.05) is 26.8 Å². The van der Waals surface area contributed by atoms with Gasteiger partial charge in [0.1, 0.15) is 5.69 Å². The zero-order valence-electron chi connectivity index (χ0n) is 11.3. The molecule has 2 N–H and O–H groups in total. The lowest BCUT2D eigenvalue weighted by atomic mass is 9.98. The number of amides is 1. The first-order valence-corrected chi connectivity index (χ1v) is 7.20. The number of halogens is 1. The average molecular weight is 330 g/mol. The molecule has 19 heavy (non-hydrogen) atoms. The van der Waals surface area contributed by atoms with Crippen LogP contribution >= 0.6 is 15.9 Å². The lowest BCUT2D eigenvalue weighted by molar-refractivity contribution is 0.0885. The van der Waals surface area contributed by atoms with E-state index in [1.54, 1.807) is 7.11 Å². The number of aromatic nitrogens is 1. The number of methoxy groups -OCH3 is 1. The van der Waals surface area contributed by atoms with E-state index in [0.29, 0.717) is 18.8 Å². The Morgan fingerprint density at radius 3 is 3.00 bits per heavy atom. The first-order valence-electron chi connectivity index (χ1n) is 6.40. The van der Waals surface area contributed by atoms with E-state index in [-0.39, 0.29) is 11.4 Å².